The van der Waals surface area contributed by atoms with Crippen LogP contribution >= 0.6 is 15.9 Å². The highest BCUT2D eigenvalue weighted by Gasteiger charge is 2.07. The van der Waals surface area contributed by atoms with Gasteiger partial charge in [0.25, 0.3) is 0 Å². The summed E-state index contributed by atoms with van der Waals surface area (Å²) in [5.41, 5.74) is 9.17. The van der Waals surface area contributed by atoms with E-state index in [-0.39, 0.29) is 6.04 Å². The van der Waals surface area contributed by atoms with Crippen molar-refractivity contribution in [2.75, 3.05) is 0 Å². The van der Waals surface area contributed by atoms with Gasteiger partial charge >= 0.3 is 0 Å². The van der Waals surface area contributed by atoms with Gasteiger partial charge in [0.2, 0.25) is 0 Å². The van der Waals surface area contributed by atoms with Gasteiger partial charge in [-0.05, 0) is 31.0 Å². The molecule has 0 saturated heterocycles. The van der Waals surface area contributed by atoms with Crippen LogP contribution in [-0.2, 0) is 13.5 Å². The normalized spacial score (nSPS) is 13.3. The summed E-state index contributed by atoms with van der Waals surface area (Å²) in [6.45, 7) is 2.01. The molecule has 2 aromatic rings. The quantitative estimate of drug-likeness (QED) is 0.907. The molecule has 0 spiro atoms. The van der Waals surface area contributed by atoms with Gasteiger partial charge in [0, 0.05) is 17.6 Å². The van der Waals surface area contributed by atoms with Crippen LogP contribution in [0.1, 0.15) is 12.5 Å². The molecule has 0 radical (unpaired) electrons. The summed E-state index contributed by atoms with van der Waals surface area (Å²) in [6.07, 6.45) is 2.69. The fourth-order valence-electron chi connectivity index (χ4n) is 1.69. The Morgan fingerprint density at radius 1 is 1.53 bits per heavy atom. The number of halogens is 1. The molecule has 0 saturated carbocycles. The molecule has 0 fully saturated rings. The molecule has 2 rings (SSSR count). The lowest BCUT2D eigenvalue weighted by molar-refractivity contribution is 0.736. The summed E-state index contributed by atoms with van der Waals surface area (Å²) >= 11 is 3.57. The molecule has 2 N–H and O–H groups in total. The fourth-order valence-corrected chi connectivity index (χ4v) is 2.19. The van der Waals surface area contributed by atoms with Crippen molar-refractivity contribution in [2.24, 2.45) is 12.8 Å². The largest absolute Gasteiger partial charge is 0.334 e. The van der Waals surface area contributed by atoms with E-state index in [0.29, 0.717) is 0 Å². The topological polar surface area (TPSA) is 43.8 Å². The Bertz CT molecular complexity index is 488. The van der Waals surface area contributed by atoms with Crippen LogP contribution in [0.25, 0.3) is 11.0 Å². The highest BCUT2D eigenvalue weighted by molar-refractivity contribution is 9.10. The van der Waals surface area contributed by atoms with E-state index in [1.807, 2.05) is 24.9 Å². The lowest BCUT2D eigenvalue weighted by Crippen LogP contribution is -2.18. The van der Waals surface area contributed by atoms with E-state index in [1.54, 1.807) is 0 Å². The molecule has 1 atom stereocenters. The number of hydrogen-bond acceptors (Lipinski definition) is 2. The van der Waals surface area contributed by atoms with Crippen LogP contribution in [0.2, 0.25) is 0 Å². The number of imidazole rings is 1. The van der Waals surface area contributed by atoms with Crippen LogP contribution in [0.4, 0.5) is 0 Å². The lowest BCUT2D eigenvalue weighted by Gasteiger charge is -2.08. The predicted molar refractivity (Wildman–Crippen MR) is 65.8 cm³/mol. The Kier molecular flexibility index (Phi) is 2.80. The van der Waals surface area contributed by atoms with Crippen molar-refractivity contribution in [2.45, 2.75) is 19.4 Å². The first kappa shape index (κ1) is 10.6. The second-order valence-corrected chi connectivity index (χ2v) is 4.82. The monoisotopic (exact) mass is 267 g/mol. The van der Waals surface area contributed by atoms with Crippen LogP contribution in [-0.4, -0.2) is 15.6 Å². The van der Waals surface area contributed by atoms with E-state index in [2.05, 4.69) is 33.0 Å². The molecule has 80 valence electrons. The number of fused-ring (bicyclic) bond motifs is 1. The fraction of sp³-hybridized carbons (Fsp3) is 0.364. The van der Waals surface area contributed by atoms with Gasteiger partial charge in [0.05, 0.1) is 17.4 Å². The molecule has 0 aliphatic heterocycles. The molecule has 0 aliphatic rings. The van der Waals surface area contributed by atoms with Crippen LogP contribution in [0, 0.1) is 0 Å². The molecule has 4 heteroatoms. The van der Waals surface area contributed by atoms with Crippen molar-refractivity contribution in [1.82, 2.24) is 9.55 Å². The van der Waals surface area contributed by atoms with E-state index >= 15 is 0 Å². The molecular weight excluding hydrogens is 254 g/mol. The van der Waals surface area contributed by atoms with Gasteiger partial charge in [-0.15, -0.1) is 0 Å². The average molecular weight is 268 g/mol. The molecule has 1 unspecified atom stereocenters. The first-order chi connectivity index (χ1) is 7.08. The molecule has 3 nitrogen and oxygen atoms in total. The third-order valence-electron chi connectivity index (χ3n) is 2.44. The zero-order valence-electron chi connectivity index (χ0n) is 8.87. The maximum absolute atomic E-state index is 5.80. The summed E-state index contributed by atoms with van der Waals surface area (Å²) in [6, 6.07) is 4.37. The van der Waals surface area contributed by atoms with E-state index in [1.165, 1.54) is 5.56 Å². The van der Waals surface area contributed by atoms with Gasteiger partial charge < -0.3 is 10.3 Å². The van der Waals surface area contributed by atoms with Gasteiger partial charge in [0.15, 0.2) is 0 Å². The molecule has 1 aromatic heterocycles. The number of aromatic nitrogens is 2. The Balaban J connectivity index is 2.53. The van der Waals surface area contributed by atoms with E-state index in [4.69, 9.17) is 5.73 Å². The third kappa shape index (κ3) is 2.06. The van der Waals surface area contributed by atoms with E-state index < -0.39 is 0 Å². The van der Waals surface area contributed by atoms with E-state index in [9.17, 15) is 0 Å². The summed E-state index contributed by atoms with van der Waals surface area (Å²) in [4.78, 5) is 4.33. The van der Waals surface area contributed by atoms with Crippen molar-refractivity contribution in [3.63, 3.8) is 0 Å². The van der Waals surface area contributed by atoms with Gasteiger partial charge in [-0.25, -0.2) is 4.98 Å². The Morgan fingerprint density at radius 2 is 2.27 bits per heavy atom. The molecular formula is C11H14BrN3. The zero-order chi connectivity index (χ0) is 11.0. The number of rotatable bonds is 2. The number of benzene rings is 1. The van der Waals surface area contributed by atoms with Crippen molar-refractivity contribution >= 4 is 27.0 Å². The minimum atomic E-state index is 0.169. The second-order valence-electron chi connectivity index (χ2n) is 3.97. The van der Waals surface area contributed by atoms with Crippen LogP contribution in [0.15, 0.2) is 22.9 Å². The number of aryl methyl sites for hydroxylation is 1. The summed E-state index contributed by atoms with van der Waals surface area (Å²) in [7, 11) is 1.99. The van der Waals surface area contributed by atoms with Crippen molar-refractivity contribution in [3.8, 4) is 0 Å². The molecule has 15 heavy (non-hydrogen) atoms. The van der Waals surface area contributed by atoms with Gasteiger partial charge in [-0.1, -0.05) is 15.9 Å². The number of nitrogens with zero attached hydrogens (tertiary/aromatic N) is 2. The third-order valence-corrected chi connectivity index (χ3v) is 3.17. The average Bonchev–Trinajstić information content (AvgIpc) is 2.48. The maximum atomic E-state index is 5.80. The van der Waals surface area contributed by atoms with Crippen LogP contribution in [0.3, 0.4) is 0 Å². The van der Waals surface area contributed by atoms with Gasteiger partial charge in [-0.2, -0.15) is 0 Å². The van der Waals surface area contributed by atoms with E-state index in [0.717, 1.165) is 21.9 Å². The molecule has 1 aromatic carbocycles. The van der Waals surface area contributed by atoms with Gasteiger partial charge in [0.1, 0.15) is 0 Å². The minimum absolute atomic E-state index is 0.169. The molecule has 0 aliphatic carbocycles. The first-order valence-corrected chi connectivity index (χ1v) is 5.72. The smallest absolute Gasteiger partial charge is 0.0955 e. The zero-order valence-corrected chi connectivity index (χ0v) is 10.5. The lowest BCUT2D eigenvalue weighted by atomic mass is 10.1. The summed E-state index contributed by atoms with van der Waals surface area (Å²) in [5.74, 6) is 0. The number of hydrogen-bond donors (Lipinski definition) is 1. The first-order valence-electron chi connectivity index (χ1n) is 4.93. The Morgan fingerprint density at radius 3 is 2.93 bits per heavy atom. The molecule has 0 amide bonds. The van der Waals surface area contributed by atoms with Crippen molar-refractivity contribution in [3.05, 3.63) is 28.5 Å². The standard InChI is InChI=1S/C11H14BrN3/c1-7(13)3-8-4-10-11(5-9(8)12)15(2)6-14-10/h4-7H,3,13H2,1-2H3. The summed E-state index contributed by atoms with van der Waals surface area (Å²) in [5, 5.41) is 0. The van der Waals surface area contributed by atoms with Crippen LogP contribution < -0.4 is 5.73 Å². The minimum Gasteiger partial charge on any atom is -0.334 e. The SMILES string of the molecule is CC(N)Cc1cc2ncn(C)c2cc1Br. The predicted octanol–water partition coefficient (Wildman–Crippen LogP) is 2.23. The highest BCUT2D eigenvalue weighted by atomic mass is 79.9. The van der Waals surface area contributed by atoms with Crippen molar-refractivity contribution in [1.29, 1.82) is 0 Å². The molecule has 0 bridgehead atoms. The Labute approximate surface area is 97.4 Å². The summed E-state index contributed by atoms with van der Waals surface area (Å²) < 4.78 is 3.12. The molecule has 1 heterocycles. The van der Waals surface area contributed by atoms with Crippen LogP contribution in [0.5, 0.6) is 0 Å². The highest BCUT2D eigenvalue weighted by Crippen LogP contribution is 2.24. The maximum Gasteiger partial charge on any atom is 0.0955 e. The number of nitrogens with two attached hydrogens (primary N) is 1. The van der Waals surface area contributed by atoms with Crippen molar-refractivity contribution < 1.29 is 0 Å². The second kappa shape index (κ2) is 3.94. The Hall–Kier alpha value is -0.870. The van der Waals surface area contributed by atoms with Gasteiger partial charge in [-0.3, -0.25) is 0 Å².